The van der Waals surface area contributed by atoms with Crippen molar-refractivity contribution in [3.63, 3.8) is 0 Å². The first-order valence-corrected chi connectivity index (χ1v) is 9.16. The summed E-state index contributed by atoms with van der Waals surface area (Å²) in [7, 11) is 0. The van der Waals surface area contributed by atoms with E-state index in [2.05, 4.69) is 35.6 Å². The molecule has 5 rings (SSSR count). The van der Waals surface area contributed by atoms with Crippen LogP contribution in [0, 0.1) is 0 Å². The highest BCUT2D eigenvalue weighted by molar-refractivity contribution is 6.10. The number of para-hydroxylation sites is 1. The molecular weight excluding hydrogens is 334 g/mol. The van der Waals surface area contributed by atoms with Crippen LogP contribution in [0.5, 0.6) is 0 Å². The second kappa shape index (κ2) is 6.09. The number of carbonyl (C=O) groups is 1. The summed E-state index contributed by atoms with van der Waals surface area (Å²) in [4.78, 5) is 18.5. The fourth-order valence-electron chi connectivity index (χ4n) is 3.94. The quantitative estimate of drug-likeness (QED) is 0.514. The van der Waals surface area contributed by atoms with E-state index in [1.165, 1.54) is 10.9 Å². The summed E-state index contributed by atoms with van der Waals surface area (Å²) in [6.45, 7) is 2.37. The summed E-state index contributed by atoms with van der Waals surface area (Å²) in [6.07, 6.45) is 0.885. The Morgan fingerprint density at radius 3 is 2.52 bits per heavy atom. The van der Waals surface area contributed by atoms with Gasteiger partial charge < -0.3 is 10.2 Å². The molecule has 0 bridgehead atoms. The van der Waals surface area contributed by atoms with Gasteiger partial charge in [0.05, 0.1) is 5.52 Å². The maximum Gasteiger partial charge on any atom is 0.223 e. The van der Waals surface area contributed by atoms with Gasteiger partial charge >= 0.3 is 0 Å². The summed E-state index contributed by atoms with van der Waals surface area (Å²) >= 11 is 0. The Kier molecular flexibility index (Phi) is 3.57. The van der Waals surface area contributed by atoms with Crippen LogP contribution in [0.25, 0.3) is 21.7 Å². The highest BCUT2D eigenvalue weighted by Crippen LogP contribution is 2.34. The van der Waals surface area contributed by atoms with E-state index in [0.717, 1.165) is 46.4 Å². The van der Waals surface area contributed by atoms with Crippen LogP contribution in [0.3, 0.4) is 0 Å². The molecule has 4 nitrogen and oxygen atoms in total. The van der Waals surface area contributed by atoms with Crippen molar-refractivity contribution in [3.05, 3.63) is 72.3 Å². The molecular formula is C23H19N3O. The van der Waals surface area contributed by atoms with Gasteiger partial charge in [-0.25, -0.2) is 4.98 Å². The fraction of sp³-hybridized carbons (Fsp3) is 0.130. The number of pyridine rings is 1. The lowest BCUT2D eigenvalue weighted by molar-refractivity contribution is -0.116. The van der Waals surface area contributed by atoms with Crippen molar-refractivity contribution in [2.24, 2.45) is 0 Å². The average molecular weight is 353 g/mol. The normalized spacial score (nSPS) is 13.1. The number of nitrogens with one attached hydrogen (secondary N) is 1. The average Bonchev–Trinajstić information content (AvgIpc) is 3.12. The van der Waals surface area contributed by atoms with Gasteiger partial charge in [0.15, 0.2) is 0 Å². The minimum atomic E-state index is 0.0941. The molecule has 1 aromatic heterocycles. The largest absolute Gasteiger partial charge is 0.340 e. The number of hydrogen-bond acceptors (Lipinski definition) is 3. The van der Waals surface area contributed by atoms with E-state index in [1.807, 2.05) is 41.3 Å². The molecule has 0 spiro atoms. The molecule has 0 unspecified atom stereocenters. The first-order valence-electron chi connectivity index (χ1n) is 9.16. The Morgan fingerprint density at radius 2 is 1.70 bits per heavy atom. The van der Waals surface area contributed by atoms with Gasteiger partial charge in [0, 0.05) is 35.6 Å². The summed E-state index contributed by atoms with van der Waals surface area (Å²) in [5.74, 6) is 0.947. The summed E-state index contributed by atoms with van der Waals surface area (Å²) in [6, 6.07) is 22.7. The Hall–Kier alpha value is -3.40. The highest BCUT2D eigenvalue weighted by atomic mass is 16.2. The molecule has 4 aromatic rings. The number of amides is 1. The van der Waals surface area contributed by atoms with Crippen molar-refractivity contribution in [2.75, 3.05) is 16.8 Å². The predicted octanol–water partition coefficient (Wildman–Crippen LogP) is 5.04. The van der Waals surface area contributed by atoms with Crippen LogP contribution in [-0.4, -0.2) is 17.4 Å². The molecule has 27 heavy (non-hydrogen) atoms. The van der Waals surface area contributed by atoms with Gasteiger partial charge in [-0.05, 0) is 41.6 Å². The zero-order chi connectivity index (χ0) is 18.4. The topological polar surface area (TPSA) is 45.2 Å². The molecule has 1 aliphatic rings. The molecule has 4 heteroatoms. The third-order valence-corrected chi connectivity index (χ3v) is 5.23. The molecule has 0 aliphatic carbocycles. The summed E-state index contributed by atoms with van der Waals surface area (Å²) in [5, 5.41) is 6.94. The van der Waals surface area contributed by atoms with E-state index in [-0.39, 0.29) is 5.91 Å². The molecule has 3 aromatic carbocycles. The number of anilines is 3. The number of benzene rings is 3. The minimum absolute atomic E-state index is 0.0941. The van der Waals surface area contributed by atoms with E-state index >= 15 is 0 Å². The molecule has 0 radical (unpaired) electrons. The van der Waals surface area contributed by atoms with E-state index < -0.39 is 0 Å². The van der Waals surface area contributed by atoms with Gasteiger partial charge in [-0.15, -0.1) is 0 Å². The van der Waals surface area contributed by atoms with Crippen LogP contribution in [-0.2, 0) is 11.2 Å². The SMILES string of the molecule is CC(=O)N1CCc2cc(Nc3nc4ccccc4c4ccccc34)ccc21. The van der Waals surface area contributed by atoms with Crippen molar-refractivity contribution >= 4 is 44.8 Å². The van der Waals surface area contributed by atoms with Crippen LogP contribution >= 0.6 is 0 Å². The molecule has 0 fully saturated rings. The van der Waals surface area contributed by atoms with Crippen molar-refractivity contribution in [1.29, 1.82) is 0 Å². The number of rotatable bonds is 2. The van der Waals surface area contributed by atoms with Gasteiger partial charge in [0.25, 0.3) is 0 Å². The minimum Gasteiger partial charge on any atom is -0.340 e. The highest BCUT2D eigenvalue weighted by Gasteiger charge is 2.22. The Morgan fingerprint density at radius 1 is 0.963 bits per heavy atom. The van der Waals surface area contributed by atoms with Gasteiger partial charge in [-0.2, -0.15) is 0 Å². The molecule has 0 saturated heterocycles. The third-order valence-electron chi connectivity index (χ3n) is 5.23. The van der Waals surface area contributed by atoms with Crippen LogP contribution in [0.15, 0.2) is 66.7 Å². The summed E-state index contributed by atoms with van der Waals surface area (Å²) in [5.41, 5.74) is 4.18. The van der Waals surface area contributed by atoms with Crippen LogP contribution in [0.1, 0.15) is 12.5 Å². The van der Waals surface area contributed by atoms with Crippen LogP contribution in [0.2, 0.25) is 0 Å². The molecule has 1 N–H and O–H groups in total. The molecule has 1 aliphatic heterocycles. The lowest BCUT2D eigenvalue weighted by Gasteiger charge is -2.16. The smallest absolute Gasteiger partial charge is 0.223 e. The zero-order valence-corrected chi connectivity index (χ0v) is 15.1. The fourth-order valence-corrected chi connectivity index (χ4v) is 3.94. The van der Waals surface area contributed by atoms with Crippen LogP contribution in [0.4, 0.5) is 17.2 Å². The van der Waals surface area contributed by atoms with Crippen LogP contribution < -0.4 is 10.2 Å². The van der Waals surface area contributed by atoms with Crippen molar-refractivity contribution in [2.45, 2.75) is 13.3 Å². The molecule has 2 heterocycles. The zero-order valence-electron chi connectivity index (χ0n) is 15.1. The standard InChI is InChI=1S/C23H19N3O/c1-15(27)26-13-12-16-14-17(10-11-22(16)26)24-23-20-8-3-2-6-18(20)19-7-4-5-9-21(19)25-23/h2-11,14H,12-13H2,1H3,(H,24,25). The number of nitrogens with zero attached hydrogens (tertiary/aromatic N) is 2. The predicted molar refractivity (Wildman–Crippen MR) is 111 cm³/mol. The first-order chi connectivity index (χ1) is 13.2. The Bertz CT molecular complexity index is 1200. The van der Waals surface area contributed by atoms with Gasteiger partial charge in [0.2, 0.25) is 5.91 Å². The van der Waals surface area contributed by atoms with Gasteiger partial charge in [-0.3, -0.25) is 4.79 Å². The van der Waals surface area contributed by atoms with E-state index in [1.54, 1.807) is 6.92 Å². The molecule has 1 amide bonds. The van der Waals surface area contributed by atoms with Crippen molar-refractivity contribution < 1.29 is 4.79 Å². The number of aromatic nitrogens is 1. The van der Waals surface area contributed by atoms with E-state index in [9.17, 15) is 4.79 Å². The number of carbonyl (C=O) groups excluding carboxylic acids is 1. The third kappa shape index (κ3) is 2.61. The Labute approximate surface area is 157 Å². The molecule has 0 saturated carbocycles. The number of hydrogen-bond donors (Lipinski definition) is 1. The second-order valence-corrected chi connectivity index (χ2v) is 6.91. The Balaban J connectivity index is 1.60. The second-order valence-electron chi connectivity index (χ2n) is 6.91. The van der Waals surface area contributed by atoms with E-state index in [0.29, 0.717) is 0 Å². The van der Waals surface area contributed by atoms with Crippen molar-refractivity contribution in [1.82, 2.24) is 4.98 Å². The molecule has 0 atom stereocenters. The number of fused-ring (bicyclic) bond motifs is 4. The lowest BCUT2D eigenvalue weighted by atomic mass is 10.1. The first kappa shape index (κ1) is 15.8. The maximum atomic E-state index is 11.8. The van der Waals surface area contributed by atoms with Crippen molar-refractivity contribution in [3.8, 4) is 0 Å². The molecule has 132 valence electrons. The maximum absolute atomic E-state index is 11.8. The van der Waals surface area contributed by atoms with Gasteiger partial charge in [0.1, 0.15) is 5.82 Å². The monoisotopic (exact) mass is 353 g/mol. The summed E-state index contributed by atoms with van der Waals surface area (Å²) < 4.78 is 0. The van der Waals surface area contributed by atoms with Gasteiger partial charge in [-0.1, -0.05) is 42.5 Å². The van der Waals surface area contributed by atoms with E-state index in [4.69, 9.17) is 4.98 Å². The lowest BCUT2D eigenvalue weighted by Crippen LogP contribution is -2.25.